The summed E-state index contributed by atoms with van der Waals surface area (Å²) in [6.07, 6.45) is 15.3. The van der Waals surface area contributed by atoms with E-state index in [9.17, 15) is 10.1 Å². The van der Waals surface area contributed by atoms with Gasteiger partial charge in [-0.2, -0.15) is 0 Å². The normalized spacial score (nSPS) is 41.8. The fourth-order valence-corrected chi connectivity index (χ4v) is 9.00. The van der Waals surface area contributed by atoms with E-state index >= 15 is 0 Å². The predicted molar refractivity (Wildman–Crippen MR) is 130 cm³/mol. The van der Waals surface area contributed by atoms with E-state index in [1.54, 1.807) is 6.08 Å². The lowest BCUT2D eigenvalue weighted by Gasteiger charge is -2.58. The van der Waals surface area contributed by atoms with E-state index in [2.05, 4.69) is 41.2 Å². The molecule has 8 atom stereocenters. The lowest BCUT2D eigenvalue weighted by atomic mass is 9.46. The molecule has 0 bridgehead atoms. The molecular formula is C29H46O3. The second kappa shape index (κ2) is 8.69. The number of hydrogen-bond acceptors (Lipinski definition) is 3. The molecule has 3 fully saturated rings. The Morgan fingerprint density at radius 1 is 1.16 bits per heavy atom. The molecule has 180 valence electrons. The highest BCUT2D eigenvalue weighted by atomic mass is 17.1. The van der Waals surface area contributed by atoms with Crippen molar-refractivity contribution < 1.29 is 14.9 Å². The van der Waals surface area contributed by atoms with Crippen molar-refractivity contribution in [3.05, 3.63) is 24.3 Å². The zero-order chi connectivity index (χ0) is 23.3. The van der Waals surface area contributed by atoms with E-state index in [1.807, 2.05) is 6.08 Å². The molecule has 0 spiro atoms. The Morgan fingerprint density at radius 3 is 2.56 bits per heavy atom. The van der Waals surface area contributed by atoms with Crippen molar-refractivity contribution in [2.75, 3.05) is 0 Å². The lowest BCUT2D eigenvalue weighted by Crippen LogP contribution is -2.51. The fraction of sp³-hybridized carbons (Fsp3) is 0.828. The van der Waals surface area contributed by atoms with Gasteiger partial charge in [-0.15, -0.1) is 6.58 Å². The first kappa shape index (κ1) is 24.2. The molecule has 32 heavy (non-hydrogen) atoms. The first-order valence-corrected chi connectivity index (χ1v) is 13.3. The number of hydrogen-bond donors (Lipinski definition) is 1. The summed E-state index contributed by atoms with van der Waals surface area (Å²) in [5, 5.41) is 9.63. The van der Waals surface area contributed by atoms with Crippen LogP contribution in [0.4, 0.5) is 0 Å². The molecule has 4 rings (SSSR count). The van der Waals surface area contributed by atoms with E-state index in [4.69, 9.17) is 4.89 Å². The van der Waals surface area contributed by atoms with Crippen molar-refractivity contribution in [2.45, 2.75) is 104 Å². The minimum Gasteiger partial charge on any atom is -0.295 e. The van der Waals surface area contributed by atoms with Crippen LogP contribution >= 0.6 is 0 Å². The molecule has 3 nitrogen and oxygen atoms in total. The first-order chi connectivity index (χ1) is 15.1. The van der Waals surface area contributed by atoms with Gasteiger partial charge < -0.3 is 0 Å². The van der Waals surface area contributed by atoms with E-state index < -0.39 is 5.60 Å². The molecule has 3 heteroatoms. The molecular weight excluding hydrogens is 396 g/mol. The van der Waals surface area contributed by atoms with Gasteiger partial charge >= 0.3 is 0 Å². The second-order valence-electron chi connectivity index (χ2n) is 12.6. The average molecular weight is 443 g/mol. The number of fused-ring (bicyclic) bond motifs is 5. The Morgan fingerprint density at radius 2 is 1.91 bits per heavy atom. The third-order valence-electron chi connectivity index (χ3n) is 11.2. The average Bonchev–Trinajstić information content (AvgIpc) is 3.12. The number of rotatable bonds is 7. The van der Waals surface area contributed by atoms with Crippen LogP contribution in [-0.4, -0.2) is 16.6 Å². The monoisotopic (exact) mass is 442 g/mol. The minimum absolute atomic E-state index is 0.201. The second-order valence-corrected chi connectivity index (χ2v) is 12.6. The van der Waals surface area contributed by atoms with Crippen molar-refractivity contribution in [1.82, 2.24) is 0 Å². The minimum atomic E-state index is -0.635. The van der Waals surface area contributed by atoms with Gasteiger partial charge in [-0.25, -0.2) is 4.89 Å². The first-order valence-electron chi connectivity index (χ1n) is 13.3. The maximum absolute atomic E-state index is 12.1. The van der Waals surface area contributed by atoms with Crippen molar-refractivity contribution in [1.29, 1.82) is 0 Å². The van der Waals surface area contributed by atoms with Gasteiger partial charge in [0.2, 0.25) is 0 Å². The summed E-state index contributed by atoms with van der Waals surface area (Å²) in [4.78, 5) is 17.1. The van der Waals surface area contributed by atoms with Crippen LogP contribution in [0.2, 0.25) is 0 Å². The van der Waals surface area contributed by atoms with Crippen LogP contribution in [0, 0.1) is 46.3 Å². The molecule has 4 aliphatic carbocycles. The van der Waals surface area contributed by atoms with Crippen LogP contribution in [0.25, 0.3) is 0 Å². The van der Waals surface area contributed by atoms with Gasteiger partial charge in [-0.3, -0.25) is 10.1 Å². The summed E-state index contributed by atoms with van der Waals surface area (Å²) in [6.45, 7) is 15.7. The SMILES string of the molecule is C=CC(CCC(C)C1CCC2C3CCC4=CC(=O)CCC4(C)C3CCC12C)(OO)C(C)C. The highest BCUT2D eigenvalue weighted by Crippen LogP contribution is 2.67. The number of carbonyl (C=O) groups is 1. The van der Waals surface area contributed by atoms with Crippen LogP contribution in [0.1, 0.15) is 98.8 Å². The molecule has 3 saturated carbocycles. The lowest BCUT2D eigenvalue weighted by molar-refractivity contribution is -0.321. The van der Waals surface area contributed by atoms with Gasteiger partial charge in [0.05, 0.1) is 0 Å². The Kier molecular flexibility index (Phi) is 6.57. The standard InChI is InChI=1S/C29H46O3/c1-7-29(32-31,19(2)3)17-12-20(4)24-10-11-25-23-9-8-21-18-22(30)13-15-27(21,5)26(23)14-16-28(24,25)6/h7,18-20,23-26,31H,1,8-17H2,2-6H3. The maximum Gasteiger partial charge on any atom is 0.155 e. The third-order valence-corrected chi connectivity index (χ3v) is 11.2. The molecule has 0 aromatic rings. The fourth-order valence-electron chi connectivity index (χ4n) is 9.00. The summed E-state index contributed by atoms with van der Waals surface area (Å²) >= 11 is 0. The van der Waals surface area contributed by atoms with Crippen molar-refractivity contribution in [2.24, 2.45) is 46.3 Å². The number of carbonyl (C=O) groups excluding carboxylic acids is 1. The Bertz CT molecular complexity index is 768. The Balaban J connectivity index is 1.49. The molecule has 0 amide bonds. The van der Waals surface area contributed by atoms with Gasteiger partial charge in [0, 0.05) is 6.42 Å². The molecule has 0 aliphatic heterocycles. The summed E-state index contributed by atoms with van der Waals surface area (Å²) in [5.41, 5.74) is 1.53. The predicted octanol–water partition coefficient (Wildman–Crippen LogP) is 7.62. The van der Waals surface area contributed by atoms with Gasteiger partial charge in [0.15, 0.2) is 5.78 Å². The van der Waals surface area contributed by atoms with Crippen molar-refractivity contribution in [3.63, 3.8) is 0 Å². The molecule has 0 aromatic carbocycles. The molecule has 0 saturated heterocycles. The molecule has 0 heterocycles. The third kappa shape index (κ3) is 3.66. The van der Waals surface area contributed by atoms with Gasteiger partial charge in [0.25, 0.3) is 0 Å². The summed E-state index contributed by atoms with van der Waals surface area (Å²) < 4.78 is 0. The van der Waals surface area contributed by atoms with Crippen molar-refractivity contribution >= 4 is 5.78 Å². The zero-order valence-electron chi connectivity index (χ0n) is 21.2. The largest absolute Gasteiger partial charge is 0.295 e. The molecule has 8 unspecified atom stereocenters. The smallest absolute Gasteiger partial charge is 0.155 e. The van der Waals surface area contributed by atoms with E-state index in [0.717, 1.165) is 55.8 Å². The van der Waals surface area contributed by atoms with E-state index in [1.165, 1.54) is 37.7 Å². The van der Waals surface area contributed by atoms with Gasteiger partial charge in [0.1, 0.15) is 5.60 Å². The number of allylic oxidation sites excluding steroid dienone is 1. The summed E-state index contributed by atoms with van der Waals surface area (Å²) in [6, 6.07) is 0. The molecule has 0 aromatic heterocycles. The topological polar surface area (TPSA) is 46.5 Å². The van der Waals surface area contributed by atoms with Crippen LogP contribution < -0.4 is 0 Å². The Hall–Kier alpha value is -0.930. The van der Waals surface area contributed by atoms with Crippen LogP contribution in [0.3, 0.4) is 0 Å². The van der Waals surface area contributed by atoms with Crippen LogP contribution in [0.15, 0.2) is 24.3 Å². The Labute approximate surface area is 196 Å². The van der Waals surface area contributed by atoms with Crippen molar-refractivity contribution in [3.8, 4) is 0 Å². The summed E-state index contributed by atoms with van der Waals surface area (Å²) in [7, 11) is 0. The highest BCUT2D eigenvalue weighted by molar-refractivity contribution is 5.91. The maximum atomic E-state index is 12.1. The molecule has 0 radical (unpaired) electrons. The van der Waals surface area contributed by atoms with Gasteiger partial charge in [-0.05, 0) is 110 Å². The van der Waals surface area contributed by atoms with Crippen LogP contribution in [0.5, 0.6) is 0 Å². The van der Waals surface area contributed by atoms with Crippen LogP contribution in [-0.2, 0) is 9.68 Å². The zero-order valence-corrected chi connectivity index (χ0v) is 21.2. The van der Waals surface area contributed by atoms with Gasteiger partial charge in [-0.1, -0.05) is 46.3 Å². The quantitative estimate of drug-likeness (QED) is 0.250. The van der Waals surface area contributed by atoms with E-state index in [0.29, 0.717) is 17.1 Å². The molecule has 4 aliphatic rings. The molecule has 1 N–H and O–H groups in total. The number of ketones is 1. The highest BCUT2D eigenvalue weighted by Gasteiger charge is 2.59. The summed E-state index contributed by atoms with van der Waals surface area (Å²) in [5.74, 6) is 4.34. The van der Waals surface area contributed by atoms with E-state index in [-0.39, 0.29) is 11.3 Å².